The molecule has 1 aliphatic rings. The van der Waals surface area contributed by atoms with Crippen LogP contribution in [0.15, 0.2) is 29.1 Å². The van der Waals surface area contributed by atoms with Crippen LogP contribution in [0.2, 0.25) is 0 Å². The van der Waals surface area contributed by atoms with Crippen LogP contribution < -0.4 is 10.3 Å². The Hall–Kier alpha value is -2.99. The predicted octanol–water partition coefficient (Wildman–Crippen LogP) is 4.81. The van der Waals surface area contributed by atoms with E-state index in [1.165, 1.54) is 10.6 Å². The van der Waals surface area contributed by atoms with Gasteiger partial charge < -0.3 is 19.2 Å². The summed E-state index contributed by atoms with van der Waals surface area (Å²) in [6, 6.07) is 6.90. The standard InChI is InChI=1S/C23H22FNO3.C4H10O/c1-13-11-18-17(12-19(13)24)22(20(8-9-26)25(3)23(18)27)16-6-7-21-15(14(16)2)5-4-10-28-21;1-4(2,3)5/h6-7,9,11-12H,4-5,8,10H2,1-3H3;5H,1-3H3. The van der Waals surface area contributed by atoms with E-state index in [0.29, 0.717) is 28.6 Å². The van der Waals surface area contributed by atoms with Crippen LogP contribution >= 0.6 is 0 Å². The molecular weight excluding hydrogens is 421 g/mol. The molecular formula is C27H32FNO4. The van der Waals surface area contributed by atoms with E-state index in [0.717, 1.165) is 47.1 Å². The van der Waals surface area contributed by atoms with Gasteiger partial charge in [0.15, 0.2) is 0 Å². The monoisotopic (exact) mass is 453 g/mol. The third-order valence-electron chi connectivity index (χ3n) is 5.73. The van der Waals surface area contributed by atoms with Gasteiger partial charge in [-0.2, -0.15) is 0 Å². The van der Waals surface area contributed by atoms with Crippen LogP contribution in [-0.2, 0) is 24.7 Å². The zero-order chi connectivity index (χ0) is 24.5. The number of halogens is 1. The van der Waals surface area contributed by atoms with Crippen molar-refractivity contribution in [2.45, 2.75) is 59.5 Å². The second-order valence-corrected chi connectivity index (χ2v) is 9.54. The molecule has 1 N–H and O–H groups in total. The first kappa shape index (κ1) is 24.6. The van der Waals surface area contributed by atoms with Gasteiger partial charge in [0.1, 0.15) is 17.9 Å². The molecule has 1 aliphatic heterocycles. The molecule has 0 saturated carbocycles. The number of carbonyl (C=O) groups excluding carboxylic acids is 1. The van der Waals surface area contributed by atoms with Crippen molar-refractivity contribution < 1.29 is 19.0 Å². The molecule has 0 aliphatic carbocycles. The van der Waals surface area contributed by atoms with Crippen molar-refractivity contribution >= 4 is 17.1 Å². The first-order chi connectivity index (χ1) is 15.4. The number of aryl methyl sites for hydroxylation is 1. The van der Waals surface area contributed by atoms with E-state index in [2.05, 4.69) is 0 Å². The van der Waals surface area contributed by atoms with Crippen LogP contribution in [0.1, 0.15) is 49.6 Å². The first-order valence-electron chi connectivity index (χ1n) is 11.2. The number of aliphatic hydroxyl groups is 1. The van der Waals surface area contributed by atoms with E-state index < -0.39 is 5.60 Å². The quantitative estimate of drug-likeness (QED) is 0.578. The third-order valence-corrected chi connectivity index (χ3v) is 5.73. The highest BCUT2D eigenvalue weighted by molar-refractivity contribution is 5.99. The van der Waals surface area contributed by atoms with E-state index in [1.807, 2.05) is 19.1 Å². The van der Waals surface area contributed by atoms with Gasteiger partial charge in [0.05, 0.1) is 12.2 Å². The lowest BCUT2D eigenvalue weighted by molar-refractivity contribution is -0.107. The van der Waals surface area contributed by atoms with Crippen LogP contribution in [0, 0.1) is 19.7 Å². The number of hydrogen-bond acceptors (Lipinski definition) is 4. The van der Waals surface area contributed by atoms with Crippen LogP contribution in [0.3, 0.4) is 0 Å². The smallest absolute Gasteiger partial charge is 0.258 e. The van der Waals surface area contributed by atoms with Gasteiger partial charge in [0.25, 0.3) is 5.56 Å². The normalized spacial score (nSPS) is 13.1. The summed E-state index contributed by atoms with van der Waals surface area (Å²) in [5.41, 5.74) is 4.13. The number of fused-ring (bicyclic) bond motifs is 2. The summed E-state index contributed by atoms with van der Waals surface area (Å²) >= 11 is 0. The van der Waals surface area contributed by atoms with Crippen molar-refractivity contribution in [1.82, 2.24) is 4.57 Å². The molecule has 0 spiro atoms. The Morgan fingerprint density at radius 1 is 1.18 bits per heavy atom. The Balaban J connectivity index is 0.000000555. The van der Waals surface area contributed by atoms with Gasteiger partial charge in [0.2, 0.25) is 0 Å². The highest BCUT2D eigenvalue weighted by Gasteiger charge is 2.22. The minimum Gasteiger partial charge on any atom is -0.493 e. The minimum absolute atomic E-state index is 0.0829. The molecule has 4 rings (SSSR count). The van der Waals surface area contributed by atoms with E-state index in [4.69, 9.17) is 9.84 Å². The lowest BCUT2D eigenvalue weighted by Crippen LogP contribution is -2.23. The van der Waals surface area contributed by atoms with E-state index >= 15 is 0 Å². The number of benzene rings is 2. The number of nitrogens with zero attached hydrogens (tertiary/aromatic N) is 1. The first-order valence-corrected chi connectivity index (χ1v) is 11.2. The summed E-state index contributed by atoms with van der Waals surface area (Å²) in [6.45, 7) is 9.60. The van der Waals surface area contributed by atoms with Gasteiger partial charge >= 0.3 is 0 Å². The number of ether oxygens (including phenoxy) is 1. The third kappa shape index (κ3) is 5.17. The van der Waals surface area contributed by atoms with Crippen LogP contribution in [-0.4, -0.2) is 28.2 Å². The number of pyridine rings is 1. The molecule has 2 heterocycles. The summed E-state index contributed by atoms with van der Waals surface area (Å²) in [5.74, 6) is 0.513. The van der Waals surface area contributed by atoms with Gasteiger partial charge in [-0.1, -0.05) is 6.07 Å². The molecule has 1 aromatic heterocycles. The number of carbonyl (C=O) groups is 1. The summed E-state index contributed by atoms with van der Waals surface area (Å²) in [7, 11) is 1.67. The van der Waals surface area contributed by atoms with Gasteiger partial charge in [0, 0.05) is 30.1 Å². The van der Waals surface area contributed by atoms with Gasteiger partial charge in [-0.15, -0.1) is 0 Å². The molecule has 0 atom stereocenters. The topological polar surface area (TPSA) is 68.5 Å². The largest absolute Gasteiger partial charge is 0.493 e. The summed E-state index contributed by atoms with van der Waals surface area (Å²) in [6.07, 6.45) is 2.72. The highest BCUT2D eigenvalue weighted by Crippen LogP contribution is 2.39. The Morgan fingerprint density at radius 2 is 1.85 bits per heavy atom. The molecule has 0 radical (unpaired) electrons. The zero-order valence-corrected chi connectivity index (χ0v) is 20.2. The van der Waals surface area contributed by atoms with Crippen molar-refractivity contribution in [2.24, 2.45) is 7.05 Å². The molecule has 0 bridgehead atoms. The fourth-order valence-corrected chi connectivity index (χ4v) is 4.19. The number of rotatable bonds is 3. The number of aldehydes is 1. The number of aromatic nitrogens is 1. The van der Waals surface area contributed by atoms with Crippen LogP contribution in [0.4, 0.5) is 4.39 Å². The molecule has 0 saturated heterocycles. The zero-order valence-electron chi connectivity index (χ0n) is 20.2. The van der Waals surface area contributed by atoms with E-state index in [1.54, 1.807) is 40.8 Å². The maximum Gasteiger partial charge on any atom is 0.258 e. The van der Waals surface area contributed by atoms with E-state index in [-0.39, 0.29) is 17.8 Å². The van der Waals surface area contributed by atoms with Gasteiger partial charge in [-0.25, -0.2) is 4.39 Å². The van der Waals surface area contributed by atoms with E-state index in [9.17, 15) is 14.0 Å². The van der Waals surface area contributed by atoms with Gasteiger partial charge in [-0.3, -0.25) is 4.79 Å². The highest BCUT2D eigenvalue weighted by atomic mass is 19.1. The average Bonchev–Trinajstić information content (AvgIpc) is 2.74. The molecule has 5 nitrogen and oxygen atoms in total. The Bertz CT molecular complexity index is 1260. The lowest BCUT2D eigenvalue weighted by Gasteiger charge is -2.23. The van der Waals surface area contributed by atoms with Gasteiger partial charge in [-0.05, 0) is 93.3 Å². The molecule has 33 heavy (non-hydrogen) atoms. The second kappa shape index (κ2) is 9.48. The maximum atomic E-state index is 14.5. The maximum absolute atomic E-state index is 14.5. The van der Waals surface area contributed by atoms with Crippen molar-refractivity contribution in [2.75, 3.05) is 6.61 Å². The van der Waals surface area contributed by atoms with Crippen LogP contribution in [0.5, 0.6) is 5.75 Å². The molecule has 0 amide bonds. The summed E-state index contributed by atoms with van der Waals surface area (Å²) in [4.78, 5) is 24.3. The SMILES string of the molecule is CC(C)(C)O.Cc1cc2c(=O)n(C)c(CC=O)c(-c3ccc4c(c3C)CCCO4)c2cc1F. The van der Waals surface area contributed by atoms with Crippen molar-refractivity contribution in [3.63, 3.8) is 0 Å². The summed E-state index contributed by atoms with van der Waals surface area (Å²) < 4.78 is 21.7. The summed E-state index contributed by atoms with van der Waals surface area (Å²) in [5, 5.41) is 9.52. The minimum atomic E-state index is -0.500. The molecule has 6 heteroatoms. The Morgan fingerprint density at radius 3 is 2.48 bits per heavy atom. The fraction of sp³-hybridized carbons (Fsp3) is 0.407. The molecule has 3 aromatic rings. The molecule has 0 unspecified atom stereocenters. The molecule has 0 fully saturated rings. The molecule has 2 aromatic carbocycles. The Labute approximate surface area is 193 Å². The van der Waals surface area contributed by atoms with Crippen molar-refractivity contribution in [3.8, 4) is 16.9 Å². The lowest BCUT2D eigenvalue weighted by atomic mass is 9.88. The predicted molar refractivity (Wildman–Crippen MR) is 130 cm³/mol. The van der Waals surface area contributed by atoms with Crippen molar-refractivity contribution in [1.29, 1.82) is 0 Å². The van der Waals surface area contributed by atoms with Crippen molar-refractivity contribution in [3.05, 3.63) is 62.8 Å². The number of hydrogen-bond donors (Lipinski definition) is 1. The molecule has 176 valence electrons. The fourth-order valence-electron chi connectivity index (χ4n) is 4.19. The average molecular weight is 454 g/mol. The Kier molecular flexibility index (Phi) is 7.08. The second-order valence-electron chi connectivity index (χ2n) is 9.54. The van der Waals surface area contributed by atoms with Crippen LogP contribution in [0.25, 0.3) is 21.9 Å².